The summed E-state index contributed by atoms with van der Waals surface area (Å²) < 4.78 is 11.1. The molecule has 0 unspecified atom stereocenters. The van der Waals surface area contributed by atoms with Gasteiger partial charge in [-0.15, -0.1) is 0 Å². The molecule has 1 aliphatic rings. The normalized spacial score (nSPS) is 16.6. The van der Waals surface area contributed by atoms with E-state index in [1.807, 2.05) is 0 Å². The minimum absolute atomic E-state index is 0.0636. The van der Waals surface area contributed by atoms with Crippen molar-refractivity contribution < 1.29 is 29.3 Å². The fourth-order valence-electron chi connectivity index (χ4n) is 3.38. The second-order valence-electron chi connectivity index (χ2n) is 6.97. The summed E-state index contributed by atoms with van der Waals surface area (Å²) in [4.78, 5) is 25.1. The van der Waals surface area contributed by atoms with Crippen LogP contribution < -0.4 is 15.2 Å². The molecular formula is C20H30N2O6. The van der Waals surface area contributed by atoms with E-state index in [2.05, 4.69) is 0 Å². The van der Waals surface area contributed by atoms with Crippen LogP contribution >= 0.6 is 0 Å². The first-order valence-electron chi connectivity index (χ1n) is 9.71. The molecule has 1 aromatic rings. The molecule has 0 aromatic heterocycles. The summed E-state index contributed by atoms with van der Waals surface area (Å²) in [6, 6.07) is 2.98. The molecule has 156 valence electrons. The van der Waals surface area contributed by atoms with Crippen molar-refractivity contribution in [3.05, 3.63) is 17.7 Å². The van der Waals surface area contributed by atoms with E-state index in [-0.39, 0.29) is 25.0 Å². The number of benzene rings is 1. The molecule has 28 heavy (non-hydrogen) atoms. The highest BCUT2D eigenvalue weighted by Gasteiger charge is 2.28. The average molecular weight is 394 g/mol. The van der Waals surface area contributed by atoms with Crippen molar-refractivity contribution in [2.75, 3.05) is 32.6 Å². The second kappa shape index (κ2) is 10.8. The maximum Gasteiger partial charge on any atom is 0.303 e. The minimum Gasteiger partial charge on any atom is -0.493 e. The van der Waals surface area contributed by atoms with Gasteiger partial charge in [-0.25, -0.2) is 0 Å². The Labute approximate surface area is 165 Å². The zero-order valence-corrected chi connectivity index (χ0v) is 16.4. The topological polar surface area (TPSA) is 122 Å². The Balaban J connectivity index is 2.03. The number of carbonyl (C=O) groups excluding carboxylic acids is 1. The molecule has 1 aromatic carbocycles. The number of unbranched alkanes of at least 4 members (excludes halogenated alkanes) is 2. The van der Waals surface area contributed by atoms with Crippen molar-refractivity contribution in [3.8, 4) is 11.5 Å². The third-order valence-electron chi connectivity index (χ3n) is 4.96. The Morgan fingerprint density at radius 1 is 1.21 bits per heavy atom. The van der Waals surface area contributed by atoms with Gasteiger partial charge in [0.25, 0.3) is 5.91 Å². The molecule has 1 heterocycles. The number of likely N-dealkylation sites (tertiary alicyclic amines) is 1. The summed E-state index contributed by atoms with van der Waals surface area (Å²) in [7, 11) is 1.50. The van der Waals surface area contributed by atoms with E-state index < -0.39 is 5.97 Å². The lowest BCUT2D eigenvalue weighted by molar-refractivity contribution is -0.137. The van der Waals surface area contributed by atoms with Gasteiger partial charge in [-0.05, 0) is 44.6 Å². The van der Waals surface area contributed by atoms with E-state index in [0.717, 1.165) is 25.7 Å². The van der Waals surface area contributed by atoms with Crippen LogP contribution in [0.4, 0.5) is 5.69 Å². The smallest absolute Gasteiger partial charge is 0.303 e. The number of nitrogens with two attached hydrogens (primary N) is 1. The third-order valence-corrected chi connectivity index (χ3v) is 4.96. The maximum atomic E-state index is 12.9. The lowest BCUT2D eigenvalue weighted by Gasteiger charge is -2.35. The van der Waals surface area contributed by atoms with Gasteiger partial charge in [0.05, 0.1) is 31.9 Å². The number of amides is 1. The molecular weight excluding hydrogens is 364 g/mol. The van der Waals surface area contributed by atoms with Gasteiger partial charge < -0.3 is 30.3 Å². The van der Waals surface area contributed by atoms with Crippen molar-refractivity contribution in [1.82, 2.24) is 4.90 Å². The van der Waals surface area contributed by atoms with Crippen molar-refractivity contribution in [3.63, 3.8) is 0 Å². The summed E-state index contributed by atoms with van der Waals surface area (Å²) in [5.74, 6) is -0.143. The highest BCUT2D eigenvalue weighted by atomic mass is 16.5. The minimum atomic E-state index is -0.798. The number of nitrogen functional groups attached to an aromatic ring is 1. The Morgan fingerprint density at radius 2 is 2.00 bits per heavy atom. The number of aliphatic hydroxyl groups is 1. The second-order valence-corrected chi connectivity index (χ2v) is 6.97. The molecule has 1 fully saturated rings. The van der Waals surface area contributed by atoms with E-state index in [1.165, 1.54) is 7.11 Å². The Bertz CT molecular complexity index is 679. The number of methoxy groups -OCH3 is 1. The van der Waals surface area contributed by atoms with Crippen LogP contribution in [0.5, 0.6) is 11.5 Å². The van der Waals surface area contributed by atoms with Gasteiger partial charge in [0.2, 0.25) is 0 Å². The van der Waals surface area contributed by atoms with Gasteiger partial charge in [-0.3, -0.25) is 9.59 Å². The average Bonchev–Trinajstić information content (AvgIpc) is 2.69. The Kier molecular flexibility index (Phi) is 8.38. The summed E-state index contributed by atoms with van der Waals surface area (Å²) in [6.07, 6.45) is 4.89. The fourth-order valence-corrected chi connectivity index (χ4v) is 3.38. The van der Waals surface area contributed by atoms with Crippen molar-refractivity contribution in [1.29, 1.82) is 0 Å². The number of anilines is 1. The van der Waals surface area contributed by atoms with Crippen LogP contribution in [0.25, 0.3) is 0 Å². The van der Waals surface area contributed by atoms with Gasteiger partial charge in [-0.1, -0.05) is 0 Å². The molecule has 2 rings (SSSR count). The van der Waals surface area contributed by atoms with Gasteiger partial charge >= 0.3 is 5.97 Å². The first kappa shape index (κ1) is 21.8. The van der Waals surface area contributed by atoms with Crippen molar-refractivity contribution in [2.45, 2.75) is 51.0 Å². The molecule has 0 bridgehead atoms. The maximum absolute atomic E-state index is 12.9. The summed E-state index contributed by atoms with van der Waals surface area (Å²) >= 11 is 0. The first-order valence-corrected chi connectivity index (χ1v) is 9.71. The number of rotatable bonds is 10. The lowest BCUT2D eigenvalue weighted by Crippen LogP contribution is -2.45. The molecule has 0 radical (unpaired) electrons. The van der Waals surface area contributed by atoms with Crippen molar-refractivity contribution >= 4 is 17.6 Å². The number of carboxylic acid groups (broad SMARTS) is 1. The van der Waals surface area contributed by atoms with E-state index in [0.29, 0.717) is 48.7 Å². The number of ether oxygens (including phenoxy) is 2. The van der Waals surface area contributed by atoms with Crippen LogP contribution in [-0.2, 0) is 4.79 Å². The van der Waals surface area contributed by atoms with Crippen LogP contribution in [0.2, 0.25) is 0 Å². The highest BCUT2D eigenvalue weighted by Crippen LogP contribution is 2.34. The monoisotopic (exact) mass is 394 g/mol. The molecule has 0 aliphatic carbocycles. The molecule has 1 atom stereocenters. The van der Waals surface area contributed by atoms with Crippen LogP contribution in [0.1, 0.15) is 55.3 Å². The summed E-state index contributed by atoms with van der Waals surface area (Å²) in [5.41, 5.74) is 6.75. The van der Waals surface area contributed by atoms with Crippen LogP contribution in [-0.4, -0.2) is 59.9 Å². The van der Waals surface area contributed by atoms with Gasteiger partial charge in [0.15, 0.2) is 11.5 Å². The summed E-state index contributed by atoms with van der Waals surface area (Å²) in [5, 5.41) is 18.2. The molecule has 1 aliphatic heterocycles. The molecule has 1 amide bonds. The van der Waals surface area contributed by atoms with Crippen molar-refractivity contribution in [2.24, 2.45) is 0 Å². The Hall–Kier alpha value is -2.48. The number of hydrogen-bond donors (Lipinski definition) is 3. The number of nitrogens with zero attached hydrogens (tertiary/aromatic N) is 1. The number of hydrogen-bond acceptors (Lipinski definition) is 6. The molecule has 0 saturated carbocycles. The molecule has 8 nitrogen and oxygen atoms in total. The van der Waals surface area contributed by atoms with Crippen LogP contribution in [0.15, 0.2) is 12.1 Å². The van der Waals surface area contributed by atoms with Gasteiger partial charge in [0, 0.05) is 24.7 Å². The first-order chi connectivity index (χ1) is 13.5. The number of piperidine rings is 1. The third kappa shape index (κ3) is 5.76. The van der Waals surface area contributed by atoms with E-state index in [9.17, 15) is 14.7 Å². The molecule has 1 saturated heterocycles. The summed E-state index contributed by atoms with van der Waals surface area (Å²) in [6.45, 7) is 0.938. The molecule has 8 heteroatoms. The zero-order valence-electron chi connectivity index (χ0n) is 16.4. The van der Waals surface area contributed by atoms with E-state index in [4.69, 9.17) is 20.3 Å². The SMILES string of the molecule is COc1cc(C(=O)N2CCCC[C@H]2CO)c(N)cc1OCCCCCC(=O)O. The number of carbonyl (C=O) groups is 2. The number of aliphatic hydroxyl groups excluding tert-OH is 1. The number of aliphatic carboxylic acids is 1. The Morgan fingerprint density at radius 3 is 2.68 bits per heavy atom. The highest BCUT2D eigenvalue weighted by molar-refractivity contribution is 6.00. The van der Waals surface area contributed by atoms with Crippen LogP contribution in [0.3, 0.4) is 0 Å². The molecule has 4 N–H and O–H groups in total. The predicted molar refractivity (Wildman–Crippen MR) is 105 cm³/mol. The fraction of sp³-hybridized carbons (Fsp3) is 0.600. The quantitative estimate of drug-likeness (QED) is 0.411. The molecule has 0 spiro atoms. The number of carboxylic acids is 1. The van der Waals surface area contributed by atoms with Gasteiger partial charge in [0.1, 0.15) is 0 Å². The van der Waals surface area contributed by atoms with Crippen LogP contribution in [0, 0.1) is 0 Å². The van der Waals surface area contributed by atoms with Gasteiger partial charge in [-0.2, -0.15) is 0 Å². The predicted octanol–water partition coefficient (Wildman–Crippen LogP) is 2.29. The largest absolute Gasteiger partial charge is 0.493 e. The standard InChI is InChI=1S/C20H30N2O6/c1-27-17-11-15(20(26)22-9-5-4-7-14(22)13-23)16(21)12-18(17)28-10-6-2-3-8-19(24)25/h11-12,14,23H,2-10,13,21H2,1H3,(H,24,25)/t14-/m0/s1. The zero-order chi connectivity index (χ0) is 20.5. The van der Waals surface area contributed by atoms with E-state index in [1.54, 1.807) is 17.0 Å². The lowest BCUT2D eigenvalue weighted by atomic mass is 10.0. The van der Waals surface area contributed by atoms with E-state index >= 15 is 0 Å².